The van der Waals surface area contributed by atoms with E-state index in [0.717, 1.165) is 24.6 Å². The van der Waals surface area contributed by atoms with Crippen LogP contribution < -0.4 is 15.4 Å². The molecule has 146 valence electrons. The van der Waals surface area contributed by atoms with Crippen molar-refractivity contribution in [2.45, 2.75) is 37.9 Å². The number of halogens is 3. The van der Waals surface area contributed by atoms with Gasteiger partial charge in [0.15, 0.2) is 0 Å². The Labute approximate surface area is 154 Å². The standard InChI is InChI=1S/C18H21F3N4O2/c1-10(9-26)22-17-24-14(11-3-4-11)8-16(25-17)23-12-5-6-15(27-2)13(7-12)18(19,20)21/h5-8,10-11,26H,3-4,9H2,1-2H3,(H2,22,23,24,25)/t10-/m0/s1. The molecule has 1 aliphatic rings. The molecule has 0 radical (unpaired) electrons. The van der Waals surface area contributed by atoms with Crippen LogP contribution in [-0.2, 0) is 6.18 Å². The molecule has 0 spiro atoms. The first-order valence-corrected chi connectivity index (χ1v) is 8.58. The average molecular weight is 382 g/mol. The molecule has 2 aromatic rings. The number of hydrogen-bond donors (Lipinski definition) is 3. The fourth-order valence-electron chi connectivity index (χ4n) is 2.60. The first kappa shape index (κ1) is 19.2. The number of nitrogens with one attached hydrogen (secondary N) is 2. The predicted octanol–water partition coefficient (Wildman–Crippen LogP) is 3.92. The van der Waals surface area contributed by atoms with Gasteiger partial charge in [0.1, 0.15) is 11.6 Å². The van der Waals surface area contributed by atoms with Gasteiger partial charge in [0.05, 0.1) is 25.0 Å². The molecule has 0 saturated heterocycles. The van der Waals surface area contributed by atoms with Crippen molar-refractivity contribution in [1.29, 1.82) is 0 Å². The van der Waals surface area contributed by atoms with Crippen molar-refractivity contribution in [3.05, 3.63) is 35.5 Å². The summed E-state index contributed by atoms with van der Waals surface area (Å²) in [5.74, 6) is 0.805. The maximum atomic E-state index is 13.2. The van der Waals surface area contributed by atoms with Crippen LogP contribution in [0.3, 0.4) is 0 Å². The molecule has 0 bridgehead atoms. The third-order valence-electron chi connectivity index (χ3n) is 4.17. The number of ether oxygens (including phenoxy) is 1. The van der Waals surface area contributed by atoms with Gasteiger partial charge in [-0.1, -0.05) is 0 Å². The third-order valence-corrected chi connectivity index (χ3v) is 4.17. The van der Waals surface area contributed by atoms with Gasteiger partial charge < -0.3 is 20.5 Å². The lowest BCUT2D eigenvalue weighted by Crippen LogP contribution is -2.21. The van der Waals surface area contributed by atoms with Gasteiger partial charge in [0.25, 0.3) is 0 Å². The molecule has 3 N–H and O–H groups in total. The van der Waals surface area contributed by atoms with Gasteiger partial charge in [-0.3, -0.25) is 0 Å². The number of aliphatic hydroxyl groups excluding tert-OH is 1. The van der Waals surface area contributed by atoms with Crippen LogP contribution in [0.5, 0.6) is 5.75 Å². The van der Waals surface area contributed by atoms with Gasteiger partial charge in [-0.25, -0.2) is 4.98 Å². The van der Waals surface area contributed by atoms with Crippen LogP contribution in [0.25, 0.3) is 0 Å². The van der Waals surface area contributed by atoms with E-state index in [1.165, 1.54) is 19.2 Å². The molecule has 1 fully saturated rings. The van der Waals surface area contributed by atoms with E-state index in [9.17, 15) is 18.3 Å². The van der Waals surface area contributed by atoms with Crippen molar-refractivity contribution in [2.75, 3.05) is 24.4 Å². The number of benzene rings is 1. The molecule has 3 rings (SSSR count). The Kier molecular flexibility index (Phi) is 5.41. The number of hydrogen-bond acceptors (Lipinski definition) is 6. The van der Waals surface area contributed by atoms with Crippen molar-refractivity contribution in [2.24, 2.45) is 0 Å². The van der Waals surface area contributed by atoms with E-state index in [1.54, 1.807) is 13.0 Å². The zero-order chi connectivity index (χ0) is 19.6. The Balaban J connectivity index is 1.90. The van der Waals surface area contributed by atoms with Crippen LogP contribution in [0.2, 0.25) is 0 Å². The Morgan fingerprint density at radius 3 is 2.59 bits per heavy atom. The van der Waals surface area contributed by atoms with Gasteiger partial charge >= 0.3 is 6.18 Å². The summed E-state index contributed by atoms with van der Waals surface area (Å²) in [6.45, 7) is 1.69. The molecule has 0 amide bonds. The first-order valence-electron chi connectivity index (χ1n) is 8.58. The van der Waals surface area contributed by atoms with Crippen LogP contribution >= 0.6 is 0 Å². The van der Waals surface area contributed by atoms with Gasteiger partial charge in [-0.15, -0.1) is 0 Å². The van der Waals surface area contributed by atoms with Crippen molar-refractivity contribution in [3.8, 4) is 5.75 Å². The lowest BCUT2D eigenvalue weighted by atomic mass is 10.1. The number of nitrogens with zero attached hydrogens (tertiary/aromatic N) is 2. The molecule has 1 aromatic carbocycles. The monoisotopic (exact) mass is 382 g/mol. The molecular formula is C18H21F3N4O2. The zero-order valence-corrected chi connectivity index (χ0v) is 15.0. The summed E-state index contributed by atoms with van der Waals surface area (Å²) in [6, 6.07) is 5.24. The number of methoxy groups -OCH3 is 1. The summed E-state index contributed by atoms with van der Waals surface area (Å²) in [6.07, 6.45) is -2.49. The molecule has 0 unspecified atom stereocenters. The second-order valence-electron chi connectivity index (χ2n) is 6.54. The fourth-order valence-corrected chi connectivity index (χ4v) is 2.60. The van der Waals surface area contributed by atoms with E-state index in [-0.39, 0.29) is 24.1 Å². The van der Waals surface area contributed by atoms with Crippen LogP contribution in [0.15, 0.2) is 24.3 Å². The zero-order valence-electron chi connectivity index (χ0n) is 15.0. The van der Waals surface area contributed by atoms with E-state index < -0.39 is 11.7 Å². The summed E-state index contributed by atoms with van der Waals surface area (Å²) in [5.41, 5.74) is 0.202. The smallest absolute Gasteiger partial charge is 0.420 e. The fraction of sp³-hybridized carbons (Fsp3) is 0.444. The molecule has 9 heteroatoms. The molecular weight excluding hydrogens is 361 g/mol. The van der Waals surface area contributed by atoms with Crippen LogP contribution in [0.4, 0.5) is 30.6 Å². The van der Waals surface area contributed by atoms with Crippen molar-refractivity contribution in [1.82, 2.24) is 9.97 Å². The number of aromatic nitrogens is 2. The van der Waals surface area contributed by atoms with Crippen LogP contribution in [0, 0.1) is 0 Å². The Morgan fingerprint density at radius 2 is 2.00 bits per heavy atom. The lowest BCUT2D eigenvalue weighted by Gasteiger charge is -2.16. The lowest BCUT2D eigenvalue weighted by molar-refractivity contribution is -0.138. The second kappa shape index (κ2) is 7.59. The maximum absolute atomic E-state index is 13.2. The summed E-state index contributed by atoms with van der Waals surface area (Å²) in [5, 5.41) is 15.1. The minimum atomic E-state index is -4.53. The Morgan fingerprint density at radius 1 is 1.26 bits per heavy atom. The Hall–Kier alpha value is -2.55. The van der Waals surface area contributed by atoms with Gasteiger partial charge in [-0.05, 0) is 38.0 Å². The molecule has 6 nitrogen and oxygen atoms in total. The first-order chi connectivity index (χ1) is 12.8. The highest BCUT2D eigenvalue weighted by molar-refractivity contribution is 5.61. The van der Waals surface area contributed by atoms with Crippen LogP contribution in [0.1, 0.15) is 36.9 Å². The summed E-state index contributed by atoms with van der Waals surface area (Å²) in [7, 11) is 1.20. The van der Waals surface area contributed by atoms with Crippen molar-refractivity contribution in [3.63, 3.8) is 0 Å². The highest BCUT2D eigenvalue weighted by Gasteiger charge is 2.34. The Bertz CT molecular complexity index is 810. The average Bonchev–Trinajstić information content (AvgIpc) is 3.45. The number of rotatable bonds is 7. The van der Waals surface area contributed by atoms with E-state index in [1.807, 2.05) is 0 Å². The molecule has 27 heavy (non-hydrogen) atoms. The van der Waals surface area contributed by atoms with E-state index >= 15 is 0 Å². The highest BCUT2D eigenvalue weighted by atomic mass is 19.4. The molecule has 0 aliphatic heterocycles. The van der Waals surface area contributed by atoms with Crippen molar-refractivity contribution < 1.29 is 23.0 Å². The quantitative estimate of drug-likeness (QED) is 0.674. The van der Waals surface area contributed by atoms with Gasteiger partial charge in [-0.2, -0.15) is 18.2 Å². The topological polar surface area (TPSA) is 79.3 Å². The maximum Gasteiger partial charge on any atom is 0.420 e. The molecule has 1 aromatic heterocycles. The highest BCUT2D eigenvalue weighted by Crippen LogP contribution is 2.41. The number of alkyl halides is 3. The van der Waals surface area contributed by atoms with E-state index in [2.05, 4.69) is 20.6 Å². The largest absolute Gasteiger partial charge is 0.496 e. The van der Waals surface area contributed by atoms with E-state index in [4.69, 9.17) is 4.74 Å². The summed E-state index contributed by atoms with van der Waals surface area (Å²) < 4.78 is 44.4. The number of anilines is 3. The van der Waals surface area contributed by atoms with Gasteiger partial charge in [0.2, 0.25) is 5.95 Å². The number of aliphatic hydroxyl groups is 1. The molecule has 1 atom stereocenters. The van der Waals surface area contributed by atoms with Crippen molar-refractivity contribution >= 4 is 17.5 Å². The summed E-state index contributed by atoms with van der Waals surface area (Å²) in [4.78, 5) is 8.74. The minimum absolute atomic E-state index is 0.0901. The SMILES string of the molecule is COc1ccc(Nc2cc(C3CC3)nc(N[C@@H](C)CO)n2)cc1C(F)(F)F. The van der Waals surface area contributed by atoms with Crippen LogP contribution in [-0.4, -0.2) is 34.8 Å². The normalized spacial score (nSPS) is 15.3. The predicted molar refractivity (Wildman–Crippen MR) is 95.5 cm³/mol. The van der Waals surface area contributed by atoms with Gasteiger partial charge in [0, 0.05) is 23.7 Å². The van der Waals surface area contributed by atoms with E-state index in [0.29, 0.717) is 17.7 Å². The molecule has 1 aliphatic carbocycles. The molecule has 1 heterocycles. The summed E-state index contributed by atoms with van der Waals surface area (Å²) >= 11 is 0. The molecule has 1 saturated carbocycles. The minimum Gasteiger partial charge on any atom is -0.496 e. The second-order valence-corrected chi connectivity index (χ2v) is 6.54. The third kappa shape index (κ3) is 4.79.